The van der Waals surface area contributed by atoms with Crippen LogP contribution in [0.1, 0.15) is 25.8 Å². The van der Waals surface area contributed by atoms with Crippen LogP contribution in [0.25, 0.3) is 0 Å². The van der Waals surface area contributed by atoms with Crippen LogP contribution in [0, 0.1) is 5.41 Å². The zero-order valence-electron chi connectivity index (χ0n) is 12.8. The van der Waals surface area contributed by atoms with Crippen LogP contribution >= 0.6 is 12.4 Å². The molecule has 0 aliphatic heterocycles. The molecular weight excluding hydrogens is 288 g/mol. The molecule has 1 amide bonds. The third kappa shape index (κ3) is 3.96. The molecule has 0 saturated heterocycles. The van der Waals surface area contributed by atoms with E-state index in [-0.39, 0.29) is 35.9 Å². The molecule has 0 bridgehead atoms. The second-order valence-electron chi connectivity index (χ2n) is 6.14. The van der Waals surface area contributed by atoms with Crippen LogP contribution in [0.2, 0.25) is 0 Å². The standard InChI is InChI=1S/C16H24N2O2.ClH/c1-16(2)13(10-14(16)20-3)18-15(19)12(17)9-11-7-5-4-6-8-11;/h4-8,12-14H,9-10,17H2,1-3H3,(H,18,19);1H/t12-,13?,14?;/m0./s1. The number of nitrogens with one attached hydrogen (secondary N) is 1. The first kappa shape index (κ1) is 18.0. The van der Waals surface area contributed by atoms with Crippen LogP contribution in [0.3, 0.4) is 0 Å². The average molecular weight is 313 g/mol. The number of halogens is 1. The minimum atomic E-state index is -0.505. The number of nitrogens with two attached hydrogens (primary N) is 1. The quantitative estimate of drug-likeness (QED) is 0.873. The van der Waals surface area contributed by atoms with E-state index in [0.717, 1.165) is 12.0 Å². The molecule has 0 aromatic heterocycles. The van der Waals surface area contributed by atoms with Gasteiger partial charge < -0.3 is 15.8 Å². The summed E-state index contributed by atoms with van der Waals surface area (Å²) < 4.78 is 5.39. The molecule has 0 radical (unpaired) electrons. The molecule has 3 atom stereocenters. The molecule has 1 aliphatic rings. The van der Waals surface area contributed by atoms with Gasteiger partial charge in [-0.05, 0) is 18.4 Å². The van der Waals surface area contributed by atoms with Gasteiger partial charge in [-0.2, -0.15) is 0 Å². The monoisotopic (exact) mass is 312 g/mol. The lowest BCUT2D eigenvalue weighted by Crippen LogP contribution is -2.63. The lowest BCUT2D eigenvalue weighted by molar-refractivity contribution is -0.133. The fourth-order valence-corrected chi connectivity index (χ4v) is 2.77. The van der Waals surface area contributed by atoms with Gasteiger partial charge in [0.05, 0.1) is 12.1 Å². The molecule has 0 heterocycles. The van der Waals surface area contributed by atoms with Crippen LogP contribution in [0.4, 0.5) is 0 Å². The Balaban J connectivity index is 0.00000220. The SMILES string of the molecule is COC1CC(NC(=O)[C@@H](N)Cc2ccccc2)C1(C)C.Cl. The van der Waals surface area contributed by atoms with E-state index in [1.807, 2.05) is 30.3 Å². The van der Waals surface area contributed by atoms with E-state index in [0.29, 0.717) is 6.42 Å². The zero-order chi connectivity index (χ0) is 14.8. The highest BCUT2D eigenvalue weighted by molar-refractivity contribution is 5.85. The van der Waals surface area contributed by atoms with E-state index < -0.39 is 6.04 Å². The summed E-state index contributed by atoms with van der Waals surface area (Å²) in [4.78, 5) is 12.2. The number of ether oxygens (including phenoxy) is 1. The van der Waals surface area contributed by atoms with Gasteiger partial charge in [0.2, 0.25) is 5.91 Å². The Bertz CT molecular complexity index is 465. The van der Waals surface area contributed by atoms with Crippen molar-refractivity contribution in [2.75, 3.05) is 7.11 Å². The highest BCUT2D eigenvalue weighted by atomic mass is 35.5. The first-order chi connectivity index (χ1) is 9.45. The lowest BCUT2D eigenvalue weighted by Gasteiger charge is -2.51. The van der Waals surface area contributed by atoms with Gasteiger partial charge in [-0.3, -0.25) is 4.79 Å². The van der Waals surface area contributed by atoms with Crippen molar-refractivity contribution >= 4 is 18.3 Å². The fraction of sp³-hybridized carbons (Fsp3) is 0.562. The van der Waals surface area contributed by atoms with Crippen molar-refractivity contribution < 1.29 is 9.53 Å². The molecule has 5 heteroatoms. The summed E-state index contributed by atoms with van der Waals surface area (Å²) >= 11 is 0. The smallest absolute Gasteiger partial charge is 0.237 e. The number of rotatable bonds is 5. The summed E-state index contributed by atoms with van der Waals surface area (Å²) in [5.74, 6) is -0.0820. The average Bonchev–Trinajstić information content (AvgIpc) is 2.43. The summed E-state index contributed by atoms with van der Waals surface area (Å²) in [6.45, 7) is 4.22. The van der Waals surface area contributed by atoms with Crippen LogP contribution < -0.4 is 11.1 Å². The van der Waals surface area contributed by atoms with E-state index in [1.54, 1.807) is 7.11 Å². The first-order valence-corrected chi connectivity index (χ1v) is 7.08. The lowest BCUT2D eigenvalue weighted by atomic mass is 9.64. The molecule has 1 aliphatic carbocycles. The molecule has 4 nitrogen and oxygen atoms in total. The molecule has 21 heavy (non-hydrogen) atoms. The largest absolute Gasteiger partial charge is 0.381 e. The van der Waals surface area contributed by atoms with Crippen molar-refractivity contribution in [2.24, 2.45) is 11.1 Å². The molecule has 2 unspecified atom stereocenters. The molecule has 3 N–H and O–H groups in total. The number of methoxy groups -OCH3 is 1. The first-order valence-electron chi connectivity index (χ1n) is 7.08. The van der Waals surface area contributed by atoms with Crippen molar-refractivity contribution in [2.45, 2.75) is 44.9 Å². The normalized spacial score (nSPS) is 24.4. The Kier molecular flexibility index (Phi) is 6.20. The van der Waals surface area contributed by atoms with Crippen molar-refractivity contribution in [3.8, 4) is 0 Å². The summed E-state index contributed by atoms with van der Waals surface area (Å²) in [5.41, 5.74) is 7.04. The summed E-state index contributed by atoms with van der Waals surface area (Å²) in [6, 6.07) is 9.48. The molecule has 2 rings (SSSR count). The van der Waals surface area contributed by atoms with Crippen molar-refractivity contribution in [1.29, 1.82) is 0 Å². The van der Waals surface area contributed by atoms with Crippen molar-refractivity contribution in [1.82, 2.24) is 5.32 Å². The number of amides is 1. The van der Waals surface area contributed by atoms with Crippen LogP contribution in [-0.4, -0.2) is 31.2 Å². The van der Waals surface area contributed by atoms with E-state index in [9.17, 15) is 4.79 Å². The van der Waals surface area contributed by atoms with Gasteiger partial charge in [0.1, 0.15) is 0 Å². The predicted molar refractivity (Wildman–Crippen MR) is 86.5 cm³/mol. The number of benzene rings is 1. The third-order valence-electron chi connectivity index (χ3n) is 4.41. The van der Waals surface area contributed by atoms with Crippen LogP contribution in [-0.2, 0) is 16.0 Å². The topological polar surface area (TPSA) is 64.3 Å². The number of hydrogen-bond acceptors (Lipinski definition) is 3. The maximum Gasteiger partial charge on any atom is 0.237 e. The fourth-order valence-electron chi connectivity index (χ4n) is 2.77. The molecule has 1 aromatic carbocycles. The minimum Gasteiger partial charge on any atom is -0.381 e. The van der Waals surface area contributed by atoms with Crippen molar-refractivity contribution in [3.63, 3.8) is 0 Å². The van der Waals surface area contributed by atoms with Crippen molar-refractivity contribution in [3.05, 3.63) is 35.9 Å². The maximum atomic E-state index is 12.2. The molecule has 1 aromatic rings. The van der Waals surface area contributed by atoms with Crippen LogP contribution in [0.15, 0.2) is 30.3 Å². The summed E-state index contributed by atoms with van der Waals surface area (Å²) in [7, 11) is 1.71. The Labute approximate surface area is 132 Å². The second kappa shape index (κ2) is 7.25. The molecule has 118 valence electrons. The Hall–Kier alpha value is -1.10. The summed E-state index contributed by atoms with van der Waals surface area (Å²) in [5, 5.41) is 3.05. The van der Waals surface area contributed by atoms with E-state index in [4.69, 9.17) is 10.5 Å². The van der Waals surface area contributed by atoms with Gasteiger partial charge in [-0.25, -0.2) is 0 Å². The van der Waals surface area contributed by atoms with Gasteiger partial charge >= 0.3 is 0 Å². The molecule has 1 fully saturated rings. The Morgan fingerprint density at radius 2 is 2.05 bits per heavy atom. The zero-order valence-corrected chi connectivity index (χ0v) is 13.7. The van der Waals surface area contributed by atoms with Gasteiger partial charge in [-0.1, -0.05) is 44.2 Å². The predicted octanol–water partition coefficient (Wildman–Crippen LogP) is 1.91. The Morgan fingerprint density at radius 1 is 1.43 bits per heavy atom. The van der Waals surface area contributed by atoms with Crippen LogP contribution in [0.5, 0.6) is 0 Å². The number of carbonyl (C=O) groups excluding carboxylic acids is 1. The highest BCUT2D eigenvalue weighted by Crippen LogP contribution is 2.42. The van der Waals surface area contributed by atoms with E-state index in [1.165, 1.54) is 0 Å². The summed E-state index contributed by atoms with van der Waals surface area (Å²) in [6.07, 6.45) is 1.62. The molecule has 0 spiro atoms. The van der Waals surface area contributed by atoms with E-state index in [2.05, 4.69) is 19.2 Å². The van der Waals surface area contributed by atoms with Gasteiger partial charge in [0.15, 0.2) is 0 Å². The maximum absolute atomic E-state index is 12.2. The molecular formula is C16H25ClN2O2. The number of hydrogen-bond donors (Lipinski definition) is 2. The third-order valence-corrected chi connectivity index (χ3v) is 4.41. The minimum absolute atomic E-state index is 0. The second-order valence-corrected chi connectivity index (χ2v) is 6.14. The van der Waals surface area contributed by atoms with Gasteiger partial charge in [0.25, 0.3) is 0 Å². The van der Waals surface area contributed by atoms with Gasteiger partial charge in [-0.15, -0.1) is 12.4 Å². The molecule has 1 saturated carbocycles. The number of carbonyl (C=O) groups is 1. The van der Waals surface area contributed by atoms with E-state index >= 15 is 0 Å². The Morgan fingerprint density at radius 3 is 2.57 bits per heavy atom. The highest BCUT2D eigenvalue weighted by Gasteiger charge is 2.49. The van der Waals surface area contributed by atoms with Gasteiger partial charge in [0, 0.05) is 18.6 Å².